The lowest BCUT2D eigenvalue weighted by molar-refractivity contribution is 0.558. The lowest BCUT2D eigenvalue weighted by Crippen LogP contribution is -1.80. The van der Waals surface area contributed by atoms with Crippen LogP contribution in [0.1, 0.15) is 0 Å². The Balaban J connectivity index is 2.55. The molecule has 0 aliphatic heterocycles. The average Bonchev–Trinajstić information content (AvgIpc) is 2.57. The summed E-state index contributed by atoms with van der Waals surface area (Å²) < 4.78 is 6.09. The molecule has 0 radical (unpaired) electrons. The molecule has 0 unspecified atom stereocenters. The van der Waals surface area contributed by atoms with Gasteiger partial charge in [0.15, 0.2) is 6.39 Å². The number of nitrogens with zero attached hydrogens (tertiary/aromatic N) is 1. The summed E-state index contributed by atoms with van der Waals surface area (Å²) in [6.07, 6.45) is 3.09. The normalized spacial score (nSPS) is 10.1. The standard InChI is InChI=1S/C9H6INO/c10-8-4-2-1-3-7(8)9-5-12-6-11-9/h1-6H. The Morgan fingerprint density at radius 2 is 2.08 bits per heavy atom. The molecule has 0 spiro atoms. The molecule has 60 valence electrons. The molecule has 2 rings (SSSR count). The van der Waals surface area contributed by atoms with Crippen LogP contribution in [0.5, 0.6) is 0 Å². The van der Waals surface area contributed by atoms with Crippen LogP contribution in [0.2, 0.25) is 0 Å². The van der Waals surface area contributed by atoms with Gasteiger partial charge in [0.1, 0.15) is 12.0 Å². The van der Waals surface area contributed by atoms with Gasteiger partial charge in [0, 0.05) is 9.13 Å². The minimum Gasteiger partial charge on any atom is -0.451 e. The predicted molar refractivity (Wildman–Crippen MR) is 54.7 cm³/mol. The van der Waals surface area contributed by atoms with E-state index in [-0.39, 0.29) is 0 Å². The number of benzene rings is 1. The van der Waals surface area contributed by atoms with Gasteiger partial charge in [-0.25, -0.2) is 4.98 Å². The Labute approximate surface area is 83.8 Å². The molecule has 0 aliphatic rings. The number of aromatic nitrogens is 1. The van der Waals surface area contributed by atoms with Crippen LogP contribution in [0.25, 0.3) is 11.3 Å². The molecule has 1 aromatic heterocycles. The summed E-state index contributed by atoms with van der Waals surface area (Å²) in [5, 5.41) is 0. The van der Waals surface area contributed by atoms with E-state index in [1.807, 2.05) is 24.3 Å². The van der Waals surface area contributed by atoms with Crippen LogP contribution >= 0.6 is 22.6 Å². The van der Waals surface area contributed by atoms with Gasteiger partial charge >= 0.3 is 0 Å². The molecule has 0 atom stereocenters. The lowest BCUT2D eigenvalue weighted by Gasteiger charge is -1.97. The van der Waals surface area contributed by atoms with Gasteiger partial charge in [-0.2, -0.15) is 0 Å². The van der Waals surface area contributed by atoms with Gasteiger partial charge in [-0.1, -0.05) is 18.2 Å². The van der Waals surface area contributed by atoms with E-state index in [0.29, 0.717) is 0 Å². The van der Waals surface area contributed by atoms with Crippen molar-refractivity contribution >= 4 is 22.6 Å². The Morgan fingerprint density at radius 3 is 2.75 bits per heavy atom. The first kappa shape index (κ1) is 7.79. The van der Waals surface area contributed by atoms with E-state index in [0.717, 1.165) is 11.3 Å². The lowest BCUT2D eigenvalue weighted by atomic mass is 10.2. The average molecular weight is 271 g/mol. The second-order valence-corrected chi connectivity index (χ2v) is 3.52. The molecule has 0 N–H and O–H groups in total. The molecule has 0 fully saturated rings. The van der Waals surface area contributed by atoms with Crippen LogP contribution in [-0.2, 0) is 0 Å². The zero-order chi connectivity index (χ0) is 8.39. The minimum atomic E-state index is 0.889. The molecular formula is C9H6INO. The van der Waals surface area contributed by atoms with Gasteiger partial charge < -0.3 is 4.42 Å². The minimum absolute atomic E-state index is 0.889. The third-order valence-corrected chi connectivity index (χ3v) is 2.52. The summed E-state index contributed by atoms with van der Waals surface area (Å²) in [6, 6.07) is 8.07. The largest absolute Gasteiger partial charge is 0.451 e. The second-order valence-electron chi connectivity index (χ2n) is 2.35. The van der Waals surface area contributed by atoms with Crippen molar-refractivity contribution in [1.82, 2.24) is 4.98 Å². The van der Waals surface area contributed by atoms with Crippen molar-refractivity contribution in [2.45, 2.75) is 0 Å². The quantitative estimate of drug-likeness (QED) is 0.745. The zero-order valence-corrected chi connectivity index (χ0v) is 8.36. The first-order valence-corrected chi connectivity index (χ1v) is 4.59. The maximum absolute atomic E-state index is 4.91. The maximum Gasteiger partial charge on any atom is 0.181 e. The van der Waals surface area contributed by atoms with Crippen LogP contribution in [0.15, 0.2) is 41.3 Å². The second kappa shape index (κ2) is 3.26. The maximum atomic E-state index is 4.91. The third kappa shape index (κ3) is 1.36. The molecule has 0 saturated heterocycles. The van der Waals surface area contributed by atoms with Gasteiger partial charge in [-0.15, -0.1) is 0 Å². The van der Waals surface area contributed by atoms with Gasteiger partial charge in [0.2, 0.25) is 0 Å². The monoisotopic (exact) mass is 271 g/mol. The SMILES string of the molecule is Ic1ccccc1-c1cocn1. The molecule has 3 heteroatoms. The molecule has 12 heavy (non-hydrogen) atoms. The number of hydrogen-bond donors (Lipinski definition) is 0. The van der Waals surface area contributed by atoms with Crippen LogP contribution in [0.3, 0.4) is 0 Å². The van der Waals surface area contributed by atoms with Crippen LogP contribution in [-0.4, -0.2) is 4.98 Å². The molecule has 1 aromatic carbocycles. The molecule has 1 heterocycles. The van der Waals surface area contributed by atoms with Crippen molar-refractivity contribution in [3.8, 4) is 11.3 Å². The first-order chi connectivity index (χ1) is 5.88. The van der Waals surface area contributed by atoms with E-state index in [9.17, 15) is 0 Å². The van der Waals surface area contributed by atoms with Crippen molar-refractivity contribution in [1.29, 1.82) is 0 Å². The highest BCUT2D eigenvalue weighted by Crippen LogP contribution is 2.22. The summed E-state index contributed by atoms with van der Waals surface area (Å²) in [7, 11) is 0. The van der Waals surface area contributed by atoms with E-state index in [1.165, 1.54) is 9.96 Å². The summed E-state index contributed by atoms with van der Waals surface area (Å²) >= 11 is 2.28. The van der Waals surface area contributed by atoms with E-state index in [4.69, 9.17) is 4.42 Å². The van der Waals surface area contributed by atoms with E-state index < -0.39 is 0 Å². The Kier molecular flexibility index (Phi) is 2.12. The molecule has 2 aromatic rings. The third-order valence-electron chi connectivity index (χ3n) is 1.58. The highest BCUT2D eigenvalue weighted by atomic mass is 127. The van der Waals surface area contributed by atoms with Crippen molar-refractivity contribution in [2.75, 3.05) is 0 Å². The zero-order valence-electron chi connectivity index (χ0n) is 6.20. The van der Waals surface area contributed by atoms with Gasteiger partial charge in [0.25, 0.3) is 0 Å². The van der Waals surface area contributed by atoms with Crippen molar-refractivity contribution in [3.63, 3.8) is 0 Å². The van der Waals surface area contributed by atoms with Crippen LogP contribution in [0, 0.1) is 3.57 Å². The molecule has 0 amide bonds. The topological polar surface area (TPSA) is 26.0 Å². The molecule has 0 bridgehead atoms. The molecular weight excluding hydrogens is 265 g/mol. The Hall–Kier alpha value is -0.840. The summed E-state index contributed by atoms with van der Waals surface area (Å²) in [5.41, 5.74) is 2.01. The van der Waals surface area contributed by atoms with Crippen molar-refractivity contribution in [3.05, 3.63) is 40.5 Å². The smallest absolute Gasteiger partial charge is 0.181 e. The summed E-state index contributed by atoms with van der Waals surface area (Å²) in [5.74, 6) is 0. The fourth-order valence-electron chi connectivity index (χ4n) is 1.01. The first-order valence-electron chi connectivity index (χ1n) is 3.51. The fraction of sp³-hybridized carbons (Fsp3) is 0. The van der Waals surface area contributed by atoms with E-state index in [2.05, 4.69) is 27.6 Å². The Bertz CT molecular complexity index is 370. The van der Waals surface area contributed by atoms with Gasteiger partial charge in [-0.3, -0.25) is 0 Å². The van der Waals surface area contributed by atoms with Crippen molar-refractivity contribution in [2.24, 2.45) is 0 Å². The van der Waals surface area contributed by atoms with Crippen molar-refractivity contribution < 1.29 is 4.42 Å². The molecule has 0 aliphatic carbocycles. The molecule has 0 saturated carbocycles. The van der Waals surface area contributed by atoms with Gasteiger partial charge in [0.05, 0.1) is 0 Å². The highest BCUT2D eigenvalue weighted by molar-refractivity contribution is 14.1. The fourth-order valence-corrected chi connectivity index (χ4v) is 1.68. The number of oxazole rings is 1. The number of hydrogen-bond acceptors (Lipinski definition) is 2. The Morgan fingerprint density at radius 1 is 1.25 bits per heavy atom. The highest BCUT2D eigenvalue weighted by Gasteiger charge is 2.03. The summed E-state index contributed by atoms with van der Waals surface area (Å²) in [4.78, 5) is 4.08. The van der Waals surface area contributed by atoms with Crippen LogP contribution < -0.4 is 0 Å². The van der Waals surface area contributed by atoms with E-state index in [1.54, 1.807) is 6.26 Å². The van der Waals surface area contributed by atoms with Crippen LogP contribution in [0.4, 0.5) is 0 Å². The summed E-state index contributed by atoms with van der Waals surface area (Å²) in [6.45, 7) is 0. The molecule has 2 nitrogen and oxygen atoms in total. The predicted octanol–water partition coefficient (Wildman–Crippen LogP) is 2.95. The van der Waals surface area contributed by atoms with E-state index >= 15 is 0 Å². The number of rotatable bonds is 1. The van der Waals surface area contributed by atoms with Gasteiger partial charge in [-0.05, 0) is 28.7 Å². The number of halogens is 1.